The van der Waals surface area contributed by atoms with Crippen molar-refractivity contribution in [3.8, 4) is 0 Å². The Morgan fingerprint density at radius 2 is 2.00 bits per heavy atom. The van der Waals surface area contributed by atoms with E-state index in [0.29, 0.717) is 14.2 Å². The number of nitrogens with zero attached hydrogens (tertiary/aromatic N) is 3. The van der Waals surface area contributed by atoms with E-state index in [-0.39, 0.29) is 10.0 Å². The van der Waals surface area contributed by atoms with E-state index in [9.17, 15) is 8.42 Å². The molecule has 0 radical (unpaired) electrons. The number of thiazole rings is 1. The summed E-state index contributed by atoms with van der Waals surface area (Å²) in [5.74, 6) is 0.129. The largest absolute Gasteiger partial charge is 0.274 e. The van der Waals surface area contributed by atoms with Gasteiger partial charge < -0.3 is 0 Å². The fourth-order valence-electron chi connectivity index (χ4n) is 1.06. The molecule has 1 N–H and O–H groups in total. The van der Waals surface area contributed by atoms with Crippen LogP contribution in [0.3, 0.4) is 0 Å². The molecule has 0 aliphatic rings. The van der Waals surface area contributed by atoms with Gasteiger partial charge in [0.15, 0.2) is 14.6 Å². The lowest BCUT2D eigenvalue weighted by molar-refractivity contribution is 0.602. The van der Waals surface area contributed by atoms with Gasteiger partial charge in [0.1, 0.15) is 4.60 Å². The third-order valence-electron chi connectivity index (χ3n) is 1.80. The van der Waals surface area contributed by atoms with E-state index in [1.165, 1.54) is 12.4 Å². The quantitative estimate of drug-likeness (QED) is 0.835. The lowest BCUT2D eigenvalue weighted by Gasteiger charge is -2.06. The Morgan fingerprint density at radius 3 is 2.56 bits per heavy atom. The number of nitrogens with one attached hydrogen (secondary N) is 1. The number of hydrogen-bond donors (Lipinski definition) is 1. The van der Waals surface area contributed by atoms with Gasteiger partial charge in [-0.2, -0.15) is 0 Å². The first kappa shape index (κ1) is 13.8. The normalized spacial score (nSPS) is 11.5. The summed E-state index contributed by atoms with van der Waals surface area (Å²) in [6, 6.07) is 0. The standard InChI is InChI=1S/C8H6Br2N4O2S2/c1-4-11-3-6(17-4)18(15,16)14-8-7(10)13-5(9)2-12-8/h2-3H,1H3,(H,12,14). The van der Waals surface area contributed by atoms with Crippen molar-refractivity contribution in [2.24, 2.45) is 0 Å². The van der Waals surface area contributed by atoms with Crippen molar-refractivity contribution in [3.63, 3.8) is 0 Å². The van der Waals surface area contributed by atoms with Crippen molar-refractivity contribution in [3.05, 3.63) is 26.6 Å². The van der Waals surface area contributed by atoms with Gasteiger partial charge in [0.25, 0.3) is 10.0 Å². The third kappa shape index (κ3) is 3.05. The van der Waals surface area contributed by atoms with Crippen LogP contribution in [0.5, 0.6) is 0 Å². The van der Waals surface area contributed by atoms with E-state index in [4.69, 9.17) is 0 Å². The SMILES string of the molecule is Cc1ncc(S(=O)(=O)Nc2ncc(Br)nc2Br)s1. The van der Waals surface area contributed by atoms with Crippen LogP contribution < -0.4 is 4.72 Å². The highest BCUT2D eigenvalue weighted by molar-refractivity contribution is 9.11. The lowest BCUT2D eigenvalue weighted by Crippen LogP contribution is -2.13. The molecule has 0 saturated heterocycles. The van der Waals surface area contributed by atoms with Crippen LogP contribution in [-0.2, 0) is 10.0 Å². The Balaban J connectivity index is 2.33. The first-order valence-electron chi connectivity index (χ1n) is 4.52. The molecule has 6 nitrogen and oxygen atoms in total. The zero-order valence-electron chi connectivity index (χ0n) is 8.89. The molecular formula is C8H6Br2N4O2S2. The zero-order valence-corrected chi connectivity index (χ0v) is 13.7. The molecule has 2 aromatic heterocycles. The summed E-state index contributed by atoms with van der Waals surface area (Å²) in [5.41, 5.74) is 0. The molecule has 0 atom stereocenters. The second-order valence-corrected chi connectivity index (χ2v) is 7.84. The number of rotatable bonds is 3. The number of sulfonamides is 1. The molecule has 0 bridgehead atoms. The lowest BCUT2D eigenvalue weighted by atomic mass is 10.7. The highest BCUT2D eigenvalue weighted by Crippen LogP contribution is 2.24. The second kappa shape index (κ2) is 5.19. The summed E-state index contributed by atoms with van der Waals surface area (Å²) >= 11 is 7.36. The molecular weight excluding hydrogens is 408 g/mol. The summed E-state index contributed by atoms with van der Waals surface area (Å²) in [6.45, 7) is 1.74. The average Bonchev–Trinajstić information content (AvgIpc) is 2.70. The predicted octanol–water partition coefficient (Wildman–Crippen LogP) is 2.57. The van der Waals surface area contributed by atoms with E-state index in [2.05, 4.69) is 51.5 Å². The molecule has 18 heavy (non-hydrogen) atoms. The minimum Gasteiger partial charge on any atom is -0.260 e. The van der Waals surface area contributed by atoms with Crippen molar-refractivity contribution in [2.75, 3.05) is 4.72 Å². The Kier molecular flexibility index (Phi) is 3.99. The van der Waals surface area contributed by atoms with E-state index in [1.54, 1.807) is 6.92 Å². The second-order valence-electron chi connectivity index (χ2n) is 3.14. The molecule has 0 aromatic carbocycles. The van der Waals surface area contributed by atoms with E-state index in [0.717, 1.165) is 11.3 Å². The fourth-order valence-corrected chi connectivity index (χ4v) is 4.22. The third-order valence-corrected chi connectivity index (χ3v) is 5.44. The van der Waals surface area contributed by atoms with Gasteiger partial charge in [-0.1, -0.05) is 0 Å². The molecule has 10 heteroatoms. The minimum atomic E-state index is -3.67. The predicted molar refractivity (Wildman–Crippen MR) is 75.1 cm³/mol. The summed E-state index contributed by atoms with van der Waals surface area (Å²) in [4.78, 5) is 11.8. The maximum absolute atomic E-state index is 12.0. The van der Waals surface area contributed by atoms with Crippen molar-refractivity contribution in [1.82, 2.24) is 15.0 Å². The van der Waals surface area contributed by atoms with Crippen LogP contribution in [0.2, 0.25) is 0 Å². The van der Waals surface area contributed by atoms with Gasteiger partial charge in [-0.05, 0) is 38.8 Å². The molecule has 96 valence electrons. The van der Waals surface area contributed by atoms with Gasteiger partial charge in [0.2, 0.25) is 0 Å². The summed E-state index contributed by atoms with van der Waals surface area (Å²) in [6.07, 6.45) is 2.71. The van der Waals surface area contributed by atoms with Crippen LogP contribution in [0.15, 0.2) is 25.8 Å². The van der Waals surface area contributed by atoms with E-state index < -0.39 is 10.0 Å². The maximum Gasteiger partial charge on any atom is 0.274 e. The van der Waals surface area contributed by atoms with Gasteiger partial charge in [-0.25, -0.2) is 23.4 Å². The number of halogens is 2. The number of anilines is 1. The molecule has 2 rings (SSSR count). The molecule has 0 spiro atoms. The van der Waals surface area contributed by atoms with Gasteiger partial charge in [0, 0.05) is 0 Å². The summed E-state index contributed by atoms with van der Waals surface area (Å²) in [7, 11) is -3.67. The molecule has 0 saturated carbocycles. The molecule has 2 aromatic rings. The fraction of sp³-hybridized carbons (Fsp3) is 0.125. The molecule has 0 aliphatic heterocycles. The van der Waals surface area contributed by atoms with E-state index >= 15 is 0 Å². The Labute approximate surface area is 124 Å². The zero-order chi connectivity index (χ0) is 13.3. The summed E-state index contributed by atoms with van der Waals surface area (Å²) in [5, 5.41) is 0.677. The van der Waals surface area contributed by atoms with Crippen LogP contribution in [0.4, 0.5) is 5.82 Å². The van der Waals surface area contributed by atoms with E-state index in [1.807, 2.05) is 0 Å². The van der Waals surface area contributed by atoms with Crippen LogP contribution in [0.25, 0.3) is 0 Å². The Bertz CT molecular complexity index is 686. The van der Waals surface area contributed by atoms with Gasteiger partial charge in [-0.15, -0.1) is 11.3 Å². The molecule has 0 unspecified atom stereocenters. The summed E-state index contributed by atoms with van der Waals surface area (Å²) < 4.78 is 27.3. The van der Waals surface area contributed by atoms with Gasteiger partial charge >= 0.3 is 0 Å². The van der Waals surface area contributed by atoms with Crippen LogP contribution in [-0.4, -0.2) is 23.4 Å². The van der Waals surface area contributed by atoms with Crippen molar-refractivity contribution in [1.29, 1.82) is 0 Å². The van der Waals surface area contributed by atoms with Crippen LogP contribution in [0.1, 0.15) is 5.01 Å². The van der Waals surface area contributed by atoms with Crippen LogP contribution >= 0.6 is 43.2 Å². The molecule has 0 fully saturated rings. The first-order valence-corrected chi connectivity index (χ1v) is 8.40. The topological polar surface area (TPSA) is 84.8 Å². The van der Waals surface area contributed by atoms with Crippen molar-refractivity contribution in [2.45, 2.75) is 11.1 Å². The van der Waals surface area contributed by atoms with Gasteiger partial charge in [0.05, 0.1) is 17.4 Å². The first-order chi connectivity index (χ1) is 8.38. The molecule has 0 aliphatic carbocycles. The molecule has 0 amide bonds. The monoisotopic (exact) mass is 412 g/mol. The van der Waals surface area contributed by atoms with Crippen LogP contribution in [0, 0.1) is 6.92 Å². The highest BCUT2D eigenvalue weighted by atomic mass is 79.9. The van der Waals surface area contributed by atoms with Crippen molar-refractivity contribution < 1.29 is 8.42 Å². The average molecular weight is 414 g/mol. The Hall–Kier alpha value is -0.580. The smallest absolute Gasteiger partial charge is 0.260 e. The number of aryl methyl sites for hydroxylation is 1. The Morgan fingerprint density at radius 1 is 1.28 bits per heavy atom. The number of hydrogen-bond acceptors (Lipinski definition) is 6. The van der Waals surface area contributed by atoms with Crippen molar-refractivity contribution >= 4 is 59.0 Å². The number of aromatic nitrogens is 3. The minimum absolute atomic E-state index is 0.129. The van der Waals surface area contributed by atoms with Gasteiger partial charge in [-0.3, -0.25) is 4.72 Å². The highest BCUT2D eigenvalue weighted by Gasteiger charge is 2.19. The molecule has 2 heterocycles. The maximum atomic E-state index is 12.0.